The first-order valence-electron chi connectivity index (χ1n) is 3.47. The Morgan fingerprint density at radius 2 is 2.36 bits per heavy atom. The summed E-state index contributed by atoms with van der Waals surface area (Å²) in [6.45, 7) is 1.73. The van der Waals surface area contributed by atoms with Crippen LogP contribution in [-0.4, -0.2) is 29.6 Å². The van der Waals surface area contributed by atoms with Gasteiger partial charge in [0, 0.05) is 6.42 Å². The number of rotatable bonds is 1. The lowest BCUT2D eigenvalue weighted by Gasteiger charge is -2.24. The highest BCUT2D eigenvalue weighted by atomic mass is 16.5. The molecule has 0 unspecified atom stereocenters. The molecule has 0 saturated carbocycles. The number of carbonyl (C=O) groups is 2. The Hall–Kier alpha value is -0.900. The van der Waals surface area contributed by atoms with E-state index in [2.05, 4.69) is 0 Å². The molecule has 0 spiro atoms. The number of ketones is 1. The van der Waals surface area contributed by atoms with Crippen molar-refractivity contribution >= 4 is 11.8 Å². The van der Waals surface area contributed by atoms with Gasteiger partial charge in [-0.1, -0.05) is 0 Å². The van der Waals surface area contributed by atoms with Crippen molar-refractivity contribution < 1.29 is 19.4 Å². The molecule has 0 bridgehead atoms. The fraction of sp³-hybridized carbons (Fsp3) is 0.714. The van der Waals surface area contributed by atoms with Crippen molar-refractivity contribution in [2.75, 3.05) is 6.61 Å². The van der Waals surface area contributed by atoms with E-state index in [1.165, 1.54) is 0 Å². The number of aliphatic carboxylic acids is 1. The fourth-order valence-electron chi connectivity index (χ4n) is 1.10. The second-order valence-corrected chi connectivity index (χ2v) is 2.70. The van der Waals surface area contributed by atoms with Crippen molar-refractivity contribution in [1.29, 1.82) is 0 Å². The molecule has 4 heteroatoms. The quantitative estimate of drug-likeness (QED) is 0.586. The number of hydrogen-bond donors (Lipinski definition) is 1. The minimum Gasteiger partial charge on any atom is -0.481 e. The molecule has 1 N–H and O–H groups in total. The Balaban J connectivity index is 2.61. The summed E-state index contributed by atoms with van der Waals surface area (Å²) in [5.41, 5.74) is 0. The van der Waals surface area contributed by atoms with E-state index in [0.717, 1.165) is 0 Å². The molecule has 0 aromatic rings. The fourth-order valence-corrected chi connectivity index (χ4v) is 1.10. The standard InChI is InChI=1S/C7H10O4/c1-4-6(7(9)10)2-5(8)3-11-4/h4,6H,2-3H2,1H3,(H,9,10)/t4-,6+/m0/s1. The summed E-state index contributed by atoms with van der Waals surface area (Å²) in [5.74, 6) is -1.74. The van der Waals surface area contributed by atoms with E-state index >= 15 is 0 Å². The molecule has 0 radical (unpaired) electrons. The first-order valence-corrected chi connectivity index (χ1v) is 3.47. The maximum absolute atomic E-state index is 10.7. The first-order chi connectivity index (χ1) is 5.11. The smallest absolute Gasteiger partial charge is 0.309 e. The van der Waals surface area contributed by atoms with Crippen LogP contribution in [0.15, 0.2) is 0 Å². The van der Waals surface area contributed by atoms with Crippen LogP contribution < -0.4 is 0 Å². The van der Waals surface area contributed by atoms with E-state index in [4.69, 9.17) is 9.84 Å². The number of carboxylic acids is 1. The molecule has 1 heterocycles. The zero-order chi connectivity index (χ0) is 8.43. The van der Waals surface area contributed by atoms with Gasteiger partial charge in [0.2, 0.25) is 0 Å². The molecule has 1 aliphatic heterocycles. The third kappa shape index (κ3) is 1.77. The lowest BCUT2D eigenvalue weighted by atomic mass is 9.95. The van der Waals surface area contributed by atoms with Crippen molar-refractivity contribution in [3.05, 3.63) is 0 Å². The second-order valence-electron chi connectivity index (χ2n) is 2.70. The average molecular weight is 158 g/mol. The van der Waals surface area contributed by atoms with Crippen LogP contribution in [0.5, 0.6) is 0 Å². The Morgan fingerprint density at radius 3 is 2.82 bits per heavy atom. The molecule has 2 atom stereocenters. The van der Waals surface area contributed by atoms with Crippen molar-refractivity contribution in [1.82, 2.24) is 0 Å². The maximum Gasteiger partial charge on any atom is 0.309 e. The zero-order valence-corrected chi connectivity index (χ0v) is 6.24. The van der Waals surface area contributed by atoms with Crippen molar-refractivity contribution in [2.24, 2.45) is 5.92 Å². The predicted molar refractivity (Wildman–Crippen MR) is 36.2 cm³/mol. The van der Waals surface area contributed by atoms with Gasteiger partial charge in [-0.3, -0.25) is 9.59 Å². The van der Waals surface area contributed by atoms with Crippen LogP contribution in [-0.2, 0) is 14.3 Å². The average Bonchev–Trinajstić information content (AvgIpc) is 1.94. The van der Waals surface area contributed by atoms with Gasteiger partial charge in [-0.15, -0.1) is 0 Å². The summed E-state index contributed by atoms with van der Waals surface area (Å²) in [7, 11) is 0. The largest absolute Gasteiger partial charge is 0.481 e. The van der Waals surface area contributed by atoms with E-state index in [1.807, 2.05) is 0 Å². The Kier molecular flexibility index (Phi) is 2.24. The summed E-state index contributed by atoms with van der Waals surface area (Å²) in [5, 5.41) is 8.59. The van der Waals surface area contributed by atoms with Gasteiger partial charge in [-0.05, 0) is 6.92 Å². The summed E-state index contributed by atoms with van der Waals surface area (Å²) >= 11 is 0. The molecule has 1 aliphatic rings. The van der Waals surface area contributed by atoms with E-state index in [-0.39, 0.29) is 24.9 Å². The molecule has 4 nitrogen and oxygen atoms in total. The molecule has 0 aromatic heterocycles. The Bertz CT molecular complexity index is 187. The van der Waals surface area contributed by atoms with Crippen LogP contribution in [0.3, 0.4) is 0 Å². The molecular weight excluding hydrogens is 148 g/mol. The molecule has 1 fully saturated rings. The normalized spacial score (nSPS) is 31.9. The summed E-state index contributed by atoms with van der Waals surface area (Å²) in [6, 6.07) is 0. The molecule has 1 rings (SSSR count). The van der Waals surface area contributed by atoms with Gasteiger partial charge in [0.15, 0.2) is 5.78 Å². The minimum absolute atomic E-state index is 0.0605. The first kappa shape index (κ1) is 8.20. The van der Waals surface area contributed by atoms with Gasteiger partial charge in [-0.25, -0.2) is 0 Å². The van der Waals surface area contributed by atoms with Crippen LogP contribution >= 0.6 is 0 Å². The highest BCUT2D eigenvalue weighted by Crippen LogP contribution is 2.18. The molecule has 1 saturated heterocycles. The summed E-state index contributed by atoms with van der Waals surface area (Å²) in [4.78, 5) is 21.2. The molecule has 0 aliphatic carbocycles. The van der Waals surface area contributed by atoms with Crippen LogP contribution in [0.25, 0.3) is 0 Å². The van der Waals surface area contributed by atoms with Gasteiger partial charge >= 0.3 is 5.97 Å². The van der Waals surface area contributed by atoms with Crippen molar-refractivity contribution in [3.63, 3.8) is 0 Å². The van der Waals surface area contributed by atoms with Gasteiger partial charge in [0.1, 0.15) is 6.61 Å². The van der Waals surface area contributed by atoms with Gasteiger partial charge in [0.05, 0.1) is 12.0 Å². The number of hydrogen-bond acceptors (Lipinski definition) is 3. The topological polar surface area (TPSA) is 63.6 Å². The molecule has 0 aromatic carbocycles. The SMILES string of the molecule is C[C@@H]1OCC(=O)C[C@H]1C(=O)O. The van der Waals surface area contributed by atoms with Crippen LogP contribution in [0.1, 0.15) is 13.3 Å². The van der Waals surface area contributed by atoms with Crippen LogP contribution in [0, 0.1) is 5.92 Å². The van der Waals surface area contributed by atoms with Gasteiger partial charge < -0.3 is 9.84 Å². The summed E-state index contributed by atoms with van der Waals surface area (Å²) < 4.78 is 4.93. The zero-order valence-electron chi connectivity index (χ0n) is 6.24. The second kappa shape index (κ2) is 3.00. The molecule has 62 valence electrons. The summed E-state index contributed by atoms with van der Waals surface area (Å²) in [6.07, 6.45) is -0.235. The van der Waals surface area contributed by atoms with Gasteiger partial charge in [-0.2, -0.15) is 0 Å². The lowest BCUT2D eigenvalue weighted by molar-refractivity contribution is -0.156. The third-order valence-corrected chi connectivity index (χ3v) is 1.84. The van der Waals surface area contributed by atoms with Crippen LogP contribution in [0.4, 0.5) is 0 Å². The minimum atomic E-state index is -0.953. The van der Waals surface area contributed by atoms with E-state index < -0.39 is 11.9 Å². The number of Topliss-reactive ketones (excluding diaryl/α,β-unsaturated/α-hetero) is 1. The number of carbonyl (C=O) groups excluding carboxylic acids is 1. The number of ether oxygens (including phenoxy) is 1. The highest BCUT2D eigenvalue weighted by Gasteiger charge is 2.32. The lowest BCUT2D eigenvalue weighted by Crippen LogP contribution is -2.37. The highest BCUT2D eigenvalue weighted by molar-refractivity contribution is 5.86. The van der Waals surface area contributed by atoms with Crippen LogP contribution in [0.2, 0.25) is 0 Å². The van der Waals surface area contributed by atoms with Crippen molar-refractivity contribution in [3.8, 4) is 0 Å². The predicted octanol–water partition coefficient (Wildman–Crippen LogP) is 0.0651. The monoisotopic (exact) mass is 158 g/mol. The Morgan fingerprint density at radius 1 is 1.73 bits per heavy atom. The van der Waals surface area contributed by atoms with Crippen molar-refractivity contribution in [2.45, 2.75) is 19.4 Å². The van der Waals surface area contributed by atoms with E-state index in [0.29, 0.717) is 0 Å². The molecule has 0 amide bonds. The molecular formula is C7H10O4. The molecule has 11 heavy (non-hydrogen) atoms. The maximum atomic E-state index is 10.7. The third-order valence-electron chi connectivity index (χ3n) is 1.84. The Labute approximate surface area is 64.2 Å². The number of carboxylic acid groups (broad SMARTS) is 1. The van der Waals surface area contributed by atoms with E-state index in [9.17, 15) is 9.59 Å². The van der Waals surface area contributed by atoms with E-state index in [1.54, 1.807) is 6.92 Å². The van der Waals surface area contributed by atoms with Gasteiger partial charge in [0.25, 0.3) is 0 Å².